The van der Waals surface area contributed by atoms with Crippen molar-refractivity contribution < 1.29 is 4.79 Å². The highest BCUT2D eigenvalue weighted by Crippen LogP contribution is 2.43. The lowest BCUT2D eigenvalue weighted by Gasteiger charge is -2.27. The maximum Gasteiger partial charge on any atom is 0.150 e. The summed E-state index contributed by atoms with van der Waals surface area (Å²) in [6.07, 6.45) is 10.5. The first kappa shape index (κ1) is 37.7. The molecule has 0 aliphatic carbocycles. The smallest absolute Gasteiger partial charge is 0.150 e. The predicted octanol–water partition coefficient (Wildman–Crippen LogP) is 15.7. The zero-order chi connectivity index (χ0) is 39.1. The summed E-state index contributed by atoms with van der Waals surface area (Å²) in [7, 11) is 0. The van der Waals surface area contributed by atoms with Crippen molar-refractivity contribution in [3.8, 4) is 0 Å². The van der Waals surface area contributed by atoms with Crippen LogP contribution in [0.1, 0.15) is 79.4 Å². The molecule has 0 N–H and O–H groups in total. The number of fused-ring (bicyclic) bond motifs is 6. The van der Waals surface area contributed by atoms with Gasteiger partial charge in [-0.1, -0.05) is 118 Å². The van der Waals surface area contributed by atoms with Crippen LogP contribution >= 0.6 is 0 Å². The van der Waals surface area contributed by atoms with Gasteiger partial charge < -0.3 is 9.80 Å². The van der Waals surface area contributed by atoms with Gasteiger partial charge in [0.05, 0.1) is 0 Å². The molecule has 0 saturated carbocycles. The van der Waals surface area contributed by atoms with Crippen LogP contribution in [-0.4, -0.2) is 6.29 Å². The van der Waals surface area contributed by atoms with Crippen LogP contribution < -0.4 is 9.80 Å². The first-order valence-electron chi connectivity index (χ1n) is 20.8. The van der Waals surface area contributed by atoms with E-state index < -0.39 is 0 Å². The minimum Gasteiger partial charge on any atom is -0.310 e. The molecule has 0 aliphatic rings. The molecule has 57 heavy (non-hydrogen) atoms. The van der Waals surface area contributed by atoms with E-state index in [0.717, 1.165) is 53.3 Å². The van der Waals surface area contributed by atoms with E-state index in [2.05, 4.69) is 164 Å². The molecule has 0 heterocycles. The van der Waals surface area contributed by atoms with Crippen molar-refractivity contribution in [2.75, 3.05) is 9.80 Å². The zero-order valence-electron chi connectivity index (χ0n) is 33.5. The molecular formula is C54H52N2O. The van der Waals surface area contributed by atoms with Crippen molar-refractivity contribution in [2.24, 2.45) is 0 Å². The molecule has 0 unspecified atom stereocenters. The van der Waals surface area contributed by atoms with Crippen molar-refractivity contribution in [3.63, 3.8) is 0 Å². The molecule has 0 spiro atoms. The topological polar surface area (TPSA) is 23.6 Å². The fourth-order valence-electron chi connectivity index (χ4n) is 8.28. The molecule has 3 heteroatoms. The Morgan fingerprint density at radius 1 is 0.404 bits per heavy atom. The molecule has 0 atom stereocenters. The van der Waals surface area contributed by atoms with E-state index >= 15 is 0 Å². The van der Waals surface area contributed by atoms with Gasteiger partial charge in [-0.2, -0.15) is 0 Å². The van der Waals surface area contributed by atoms with E-state index in [1.54, 1.807) is 0 Å². The summed E-state index contributed by atoms with van der Waals surface area (Å²) in [5, 5.41) is 7.35. The van der Waals surface area contributed by atoms with Crippen LogP contribution in [0.3, 0.4) is 0 Å². The summed E-state index contributed by atoms with van der Waals surface area (Å²) in [6, 6.07) is 57.6. The normalized spacial score (nSPS) is 11.4. The fraction of sp³-hybridized carbons (Fsp3) is 0.204. The Morgan fingerprint density at radius 3 is 1.18 bits per heavy atom. The summed E-state index contributed by atoms with van der Waals surface area (Å²) in [6.45, 7) is 6.66. The van der Waals surface area contributed by atoms with E-state index in [1.165, 1.54) is 87.5 Å². The van der Waals surface area contributed by atoms with Gasteiger partial charge in [-0.3, -0.25) is 4.79 Å². The molecule has 0 amide bonds. The van der Waals surface area contributed by atoms with Gasteiger partial charge in [0.25, 0.3) is 0 Å². The van der Waals surface area contributed by atoms with E-state index in [9.17, 15) is 4.79 Å². The first-order chi connectivity index (χ1) is 28.0. The fourth-order valence-corrected chi connectivity index (χ4v) is 8.28. The maximum atomic E-state index is 11.6. The summed E-state index contributed by atoms with van der Waals surface area (Å²) in [5.41, 5.74) is 11.3. The van der Waals surface area contributed by atoms with Gasteiger partial charge in [0.15, 0.2) is 0 Å². The van der Waals surface area contributed by atoms with E-state index in [4.69, 9.17) is 0 Å². The second kappa shape index (κ2) is 17.3. The predicted molar refractivity (Wildman–Crippen MR) is 245 cm³/mol. The zero-order valence-corrected chi connectivity index (χ0v) is 33.5. The Kier molecular flexibility index (Phi) is 11.5. The second-order valence-electron chi connectivity index (χ2n) is 15.5. The first-order valence-corrected chi connectivity index (χ1v) is 20.8. The van der Waals surface area contributed by atoms with E-state index in [0.29, 0.717) is 5.56 Å². The van der Waals surface area contributed by atoms with Crippen molar-refractivity contribution >= 4 is 72.7 Å². The molecule has 0 bridgehead atoms. The summed E-state index contributed by atoms with van der Waals surface area (Å²) < 4.78 is 0. The third kappa shape index (κ3) is 8.07. The number of hydrogen-bond acceptors (Lipinski definition) is 3. The van der Waals surface area contributed by atoms with Crippen LogP contribution in [0.15, 0.2) is 158 Å². The molecule has 3 nitrogen and oxygen atoms in total. The lowest BCUT2D eigenvalue weighted by Crippen LogP contribution is -2.10. The summed E-state index contributed by atoms with van der Waals surface area (Å²) >= 11 is 0. The molecule has 0 saturated heterocycles. The Balaban J connectivity index is 1.25. The lowest BCUT2D eigenvalue weighted by molar-refractivity contribution is 0.112. The molecule has 284 valence electrons. The van der Waals surface area contributed by atoms with Crippen molar-refractivity contribution in [2.45, 2.75) is 72.1 Å². The van der Waals surface area contributed by atoms with Gasteiger partial charge in [-0.05, 0) is 161 Å². The van der Waals surface area contributed by atoms with Crippen LogP contribution in [0, 0.1) is 6.92 Å². The maximum absolute atomic E-state index is 11.6. The molecule has 0 fully saturated rings. The highest BCUT2D eigenvalue weighted by molar-refractivity contribution is 6.26. The number of unbranched alkanes of at least 4 members (excludes halogenated alkanes) is 4. The monoisotopic (exact) mass is 744 g/mol. The molecule has 8 rings (SSSR count). The number of nitrogens with zero attached hydrogens (tertiary/aromatic N) is 2. The second-order valence-corrected chi connectivity index (χ2v) is 15.5. The minimum absolute atomic E-state index is 0.667. The Bertz CT molecular complexity index is 2590. The van der Waals surface area contributed by atoms with Crippen LogP contribution in [0.2, 0.25) is 0 Å². The third-order valence-corrected chi connectivity index (χ3v) is 11.4. The number of anilines is 6. The lowest BCUT2D eigenvalue weighted by atomic mass is 9.93. The molecule has 8 aromatic rings. The van der Waals surface area contributed by atoms with Gasteiger partial charge in [-0.15, -0.1) is 0 Å². The van der Waals surface area contributed by atoms with Crippen LogP contribution in [0.4, 0.5) is 34.1 Å². The highest BCUT2D eigenvalue weighted by atomic mass is 16.1. The van der Waals surface area contributed by atoms with Crippen LogP contribution in [-0.2, 0) is 12.8 Å². The van der Waals surface area contributed by atoms with E-state index in [-0.39, 0.29) is 0 Å². The molecular weight excluding hydrogens is 693 g/mol. The van der Waals surface area contributed by atoms with Crippen molar-refractivity contribution in [3.05, 3.63) is 180 Å². The summed E-state index contributed by atoms with van der Waals surface area (Å²) in [5.74, 6) is 0. The van der Waals surface area contributed by atoms with Crippen molar-refractivity contribution in [1.29, 1.82) is 0 Å². The van der Waals surface area contributed by atoms with Gasteiger partial charge >= 0.3 is 0 Å². The van der Waals surface area contributed by atoms with Crippen LogP contribution in [0.5, 0.6) is 0 Å². The van der Waals surface area contributed by atoms with Gasteiger partial charge in [0.1, 0.15) is 6.29 Å². The number of aryl methyl sites for hydroxylation is 3. The average molecular weight is 745 g/mol. The number of benzene rings is 8. The number of hydrogen-bond donors (Lipinski definition) is 0. The Morgan fingerprint density at radius 2 is 0.772 bits per heavy atom. The number of carbonyl (C=O) groups is 1. The quantitative estimate of drug-likeness (QED) is 0.0593. The SMILES string of the molecule is CCCCCc1ccc(N(c2ccc(C)cc2)c2ccc3c4ccc(N(c5ccc(C=O)cc5)c5ccc(CCCCC)cc5)cc4c4ccccc4c3c2)cc1. The Labute approximate surface area is 338 Å². The summed E-state index contributed by atoms with van der Waals surface area (Å²) in [4.78, 5) is 16.3. The largest absolute Gasteiger partial charge is 0.310 e. The number of aldehydes is 1. The van der Waals surface area contributed by atoms with Gasteiger partial charge in [0.2, 0.25) is 0 Å². The van der Waals surface area contributed by atoms with Gasteiger partial charge in [-0.25, -0.2) is 0 Å². The minimum atomic E-state index is 0.667. The molecule has 0 radical (unpaired) electrons. The standard InChI is InChI=1S/C54H52N2O/c1-4-6-8-12-40-18-26-44(27-19-40)55(43-24-16-39(3)17-25-43)47-32-34-51-52-35-33-48(37-54(52)50-15-11-10-14-49(50)53(51)36-47)56(46-30-22-42(38-57)23-31-46)45-28-20-41(21-29-45)13-9-7-5-2/h10-11,14-38H,4-9,12-13H2,1-3H3. The van der Waals surface area contributed by atoms with E-state index in [1.807, 2.05) is 24.3 Å². The Hall–Kier alpha value is -6.19. The van der Waals surface area contributed by atoms with Crippen molar-refractivity contribution in [1.82, 2.24) is 0 Å². The third-order valence-electron chi connectivity index (χ3n) is 11.4. The molecule has 8 aromatic carbocycles. The number of carbonyl (C=O) groups excluding carboxylic acids is 1. The number of rotatable bonds is 15. The van der Waals surface area contributed by atoms with Crippen LogP contribution in [0.25, 0.3) is 32.3 Å². The molecule has 0 aromatic heterocycles. The average Bonchev–Trinajstić information content (AvgIpc) is 3.26. The van der Waals surface area contributed by atoms with Gasteiger partial charge in [0, 0.05) is 39.7 Å². The highest BCUT2D eigenvalue weighted by Gasteiger charge is 2.18. The molecule has 0 aliphatic heterocycles.